The summed E-state index contributed by atoms with van der Waals surface area (Å²) in [6.45, 7) is 1.29. The van der Waals surface area contributed by atoms with Gasteiger partial charge in [0.05, 0.1) is 12.1 Å². The summed E-state index contributed by atoms with van der Waals surface area (Å²) in [7, 11) is 0. The molecule has 0 aromatic carbocycles. The zero-order valence-corrected chi connectivity index (χ0v) is 9.65. The van der Waals surface area contributed by atoms with E-state index in [-0.39, 0.29) is 18.1 Å². The van der Waals surface area contributed by atoms with Gasteiger partial charge in [-0.2, -0.15) is 0 Å². The van der Waals surface area contributed by atoms with Crippen molar-refractivity contribution in [1.29, 1.82) is 0 Å². The zero-order valence-electron chi connectivity index (χ0n) is 9.65. The minimum Gasteiger partial charge on any atom is -0.479 e. The van der Waals surface area contributed by atoms with Gasteiger partial charge < -0.3 is 20.5 Å². The van der Waals surface area contributed by atoms with Crippen LogP contribution in [0.3, 0.4) is 0 Å². The van der Waals surface area contributed by atoms with E-state index in [9.17, 15) is 9.59 Å². The van der Waals surface area contributed by atoms with Gasteiger partial charge in [0, 0.05) is 6.54 Å². The van der Waals surface area contributed by atoms with Crippen molar-refractivity contribution >= 4 is 11.9 Å². The fraction of sp³-hybridized carbons (Fsp3) is 0.818. The zero-order chi connectivity index (χ0) is 12.3. The van der Waals surface area contributed by atoms with Crippen molar-refractivity contribution in [3.05, 3.63) is 0 Å². The summed E-state index contributed by atoms with van der Waals surface area (Å²) >= 11 is 0. The second-order valence-corrected chi connectivity index (χ2v) is 4.56. The standard InChI is InChI=1S/C11H18N2O4/c14-10(8-2-1-5-12-8)13-6-7-3-4-9(17-7)11(15)16/h7-9,12H,1-6H2,(H,13,14)(H,15,16)/t7?,8-,9?/m1/s1. The quantitative estimate of drug-likeness (QED) is 0.618. The minimum atomic E-state index is -0.920. The Bertz CT molecular complexity index is 302. The van der Waals surface area contributed by atoms with Crippen LogP contribution in [-0.4, -0.2) is 48.3 Å². The fourth-order valence-corrected chi connectivity index (χ4v) is 2.28. The smallest absolute Gasteiger partial charge is 0.332 e. The molecule has 2 fully saturated rings. The van der Waals surface area contributed by atoms with E-state index in [1.165, 1.54) is 0 Å². The third kappa shape index (κ3) is 3.17. The Morgan fingerprint density at radius 3 is 2.76 bits per heavy atom. The second kappa shape index (κ2) is 5.46. The molecule has 0 saturated carbocycles. The average molecular weight is 242 g/mol. The first-order valence-electron chi connectivity index (χ1n) is 6.06. The molecule has 2 aliphatic rings. The third-order valence-corrected chi connectivity index (χ3v) is 3.26. The number of rotatable bonds is 4. The summed E-state index contributed by atoms with van der Waals surface area (Å²) in [6.07, 6.45) is 2.24. The molecule has 0 radical (unpaired) electrons. The normalized spacial score (nSPS) is 32.6. The Hall–Kier alpha value is -1.14. The van der Waals surface area contributed by atoms with Crippen LogP contribution in [0.2, 0.25) is 0 Å². The molecular formula is C11H18N2O4. The van der Waals surface area contributed by atoms with Crippen LogP contribution >= 0.6 is 0 Å². The van der Waals surface area contributed by atoms with Crippen molar-refractivity contribution < 1.29 is 19.4 Å². The van der Waals surface area contributed by atoms with E-state index in [1.54, 1.807) is 0 Å². The van der Waals surface area contributed by atoms with Gasteiger partial charge in [0.15, 0.2) is 6.10 Å². The maximum atomic E-state index is 11.7. The first-order chi connectivity index (χ1) is 8.16. The van der Waals surface area contributed by atoms with Gasteiger partial charge in [-0.15, -0.1) is 0 Å². The van der Waals surface area contributed by atoms with Crippen molar-refractivity contribution in [3.8, 4) is 0 Å². The van der Waals surface area contributed by atoms with Gasteiger partial charge in [-0.3, -0.25) is 4.79 Å². The number of carbonyl (C=O) groups is 2. The van der Waals surface area contributed by atoms with Gasteiger partial charge in [-0.25, -0.2) is 4.79 Å². The molecule has 0 bridgehead atoms. The van der Waals surface area contributed by atoms with Crippen LogP contribution in [0, 0.1) is 0 Å². The lowest BCUT2D eigenvalue weighted by atomic mass is 10.2. The van der Waals surface area contributed by atoms with E-state index < -0.39 is 12.1 Å². The van der Waals surface area contributed by atoms with Crippen molar-refractivity contribution in [2.75, 3.05) is 13.1 Å². The SMILES string of the molecule is O=C(O)C1CCC(CNC(=O)[C@H]2CCCN2)O1. The number of carboxylic acid groups (broad SMARTS) is 1. The molecule has 6 nitrogen and oxygen atoms in total. The molecule has 3 N–H and O–H groups in total. The number of amides is 1. The molecule has 0 aliphatic carbocycles. The Morgan fingerprint density at radius 2 is 2.18 bits per heavy atom. The number of hydrogen-bond acceptors (Lipinski definition) is 4. The molecule has 0 aromatic rings. The molecule has 0 aromatic heterocycles. The predicted molar refractivity (Wildman–Crippen MR) is 59.6 cm³/mol. The molecule has 96 valence electrons. The highest BCUT2D eigenvalue weighted by Gasteiger charge is 2.31. The molecule has 2 saturated heterocycles. The summed E-state index contributed by atoms with van der Waals surface area (Å²) < 4.78 is 5.30. The number of carboxylic acids is 1. The lowest BCUT2D eigenvalue weighted by molar-refractivity contribution is -0.149. The van der Waals surface area contributed by atoms with Gasteiger partial charge >= 0.3 is 5.97 Å². The maximum Gasteiger partial charge on any atom is 0.332 e. The largest absolute Gasteiger partial charge is 0.479 e. The first-order valence-corrected chi connectivity index (χ1v) is 6.06. The first kappa shape index (κ1) is 12.3. The second-order valence-electron chi connectivity index (χ2n) is 4.56. The highest BCUT2D eigenvalue weighted by atomic mass is 16.5. The molecule has 2 rings (SSSR count). The topological polar surface area (TPSA) is 87.7 Å². The molecule has 2 aliphatic heterocycles. The minimum absolute atomic E-state index is 0.00937. The summed E-state index contributed by atoms with van der Waals surface area (Å²) in [6, 6.07) is -0.0910. The van der Waals surface area contributed by atoms with E-state index in [4.69, 9.17) is 9.84 Å². The van der Waals surface area contributed by atoms with Crippen LogP contribution in [0.1, 0.15) is 25.7 Å². The molecule has 0 spiro atoms. The van der Waals surface area contributed by atoms with E-state index in [1.807, 2.05) is 0 Å². The van der Waals surface area contributed by atoms with Crippen molar-refractivity contribution in [1.82, 2.24) is 10.6 Å². The maximum absolute atomic E-state index is 11.7. The molecule has 6 heteroatoms. The molecule has 17 heavy (non-hydrogen) atoms. The van der Waals surface area contributed by atoms with Gasteiger partial charge in [0.1, 0.15) is 0 Å². The lowest BCUT2D eigenvalue weighted by Crippen LogP contribution is -2.43. The summed E-state index contributed by atoms with van der Waals surface area (Å²) in [5, 5.41) is 14.7. The van der Waals surface area contributed by atoms with Gasteiger partial charge in [0.2, 0.25) is 5.91 Å². The number of hydrogen-bond donors (Lipinski definition) is 3. The van der Waals surface area contributed by atoms with Crippen LogP contribution in [0.15, 0.2) is 0 Å². The highest BCUT2D eigenvalue weighted by Crippen LogP contribution is 2.19. The van der Waals surface area contributed by atoms with Crippen LogP contribution in [0.5, 0.6) is 0 Å². The van der Waals surface area contributed by atoms with Crippen LogP contribution in [-0.2, 0) is 14.3 Å². The molecule has 3 atom stereocenters. The number of ether oxygens (including phenoxy) is 1. The Balaban J connectivity index is 1.68. The number of nitrogens with one attached hydrogen (secondary N) is 2. The van der Waals surface area contributed by atoms with Crippen molar-refractivity contribution in [3.63, 3.8) is 0 Å². The molecule has 2 unspecified atom stereocenters. The van der Waals surface area contributed by atoms with E-state index in [0.29, 0.717) is 19.4 Å². The van der Waals surface area contributed by atoms with Crippen molar-refractivity contribution in [2.45, 2.75) is 43.9 Å². The predicted octanol–water partition coefficient (Wildman–Crippen LogP) is -0.513. The monoisotopic (exact) mass is 242 g/mol. The fourth-order valence-electron chi connectivity index (χ4n) is 2.28. The summed E-state index contributed by atoms with van der Waals surface area (Å²) in [5.74, 6) is -0.929. The summed E-state index contributed by atoms with van der Waals surface area (Å²) in [4.78, 5) is 22.3. The number of carbonyl (C=O) groups excluding carboxylic acids is 1. The molecule has 1 amide bonds. The molecular weight excluding hydrogens is 224 g/mol. The average Bonchev–Trinajstić information content (AvgIpc) is 2.97. The molecule has 2 heterocycles. The van der Waals surface area contributed by atoms with Crippen LogP contribution in [0.4, 0.5) is 0 Å². The Morgan fingerprint density at radius 1 is 1.35 bits per heavy atom. The van der Waals surface area contributed by atoms with Crippen molar-refractivity contribution in [2.24, 2.45) is 0 Å². The van der Waals surface area contributed by atoms with Gasteiger partial charge in [-0.1, -0.05) is 0 Å². The van der Waals surface area contributed by atoms with Crippen LogP contribution < -0.4 is 10.6 Å². The van der Waals surface area contributed by atoms with E-state index in [0.717, 1.165) is 19.4 Å². The lowest BCUT2D eigenvalue weighted by Gasteiger charge is -2.15. The highest BCUT2D eigenvalue weighted by molar-refractivity contribution is 5.82. The Kier molecular flexibility index (Phi) is 3.96. The number of aliphatic carboxylic acids is 1. The Labute approximate surface area is 99.7 Å². The van der Waals surface area contributed by atoms with Gasteiger partial charge in [-0.05, 0) is 32.2 Å². The van der Waals surface area contributed by atoms with Gasteiger partial charge in [0.25, 0.3) is 0 Å². The van der Waals surface area contributed by atoms with Crippen LogP contribution in [0.25, 0.3) is 0 Å². The summed E-state index contributed by atoms with van der Waals surface area (Å²) in [5.41, 5.74) is 0. The van der Waals surface area contributed by atoms with E-state index >= 15 is 0 Å². The van der Waals surface area contributed by atoms with E-state index in [2.05, 4.69) is 10.6 Å². The third-order valence-electron chi connectivity index (χ3n) is 3.26.